The minimum Gasteiger partial charge on any atom is -0.492 e. The molecule has 2 aromatic carbocycles. The lowest BCUT2D eigenvalue weighted by Gasteiger charge is -2.31. The van der Waals surface area contributed by atoms with Crippen LogP contribution >= 0.6 is 11.6 Å². The molecule has 33 heavy (non-hydrogen) atoms. The Balaban J connectivity index is 1.46. The van der Waals surface area contributed by atoms with Gasteiger partial charge in [-0.25, -0.2) is 8.42 Å². The Labute approximate surface area is 199 Å². The fourth-order valence-corrected chi connectivity index (χ4v) is 6.10. The van der Waals surface area contributed by atoms with Crippen molar-refractivity contribution in [2.45, 2.75) is 42.9 Å². The standard InChI is InChI=1S/C24H26ClN3O4S/c1-2-32-21-10-7-19(25)14-22(21)33(30,31)28-13-3-4-17(15-28)23(29)27-20-8-5-18(6-9-20)24(16-26)11-12-24/h5-10,14,17H,2-4,11-13,15H2,1H3,(H,27,29)/t17-/m0/s1. The smallest absolute Gasteiger partial charge is 0.246 e. The monoisotopic (exact) mass is 487 g/mol. The molecule has 1 N–H and O–H groups in total. The maximum atomic E-state index is 13.4. The molecular weight excluding hydrogens is 462 g/mol. The Bertz CT molecular complexity index is 1190. The molecule has 0 radical (unpaired) electrons. The maximum Gasteiger partial charge on any atom is 0.246 e. The Morgan fingerprint density at radius 3 is 2.64 bits per heavy atom. The fourth-order valence-electron chi connectivity index (χ4n) is 4.18. The Morgan fingerprint density at radius 2 is 2.00 bits per heavy atom. The topological polar surface area (TPSA) is 99.5 Å². The van der Waals surface area contributed by atoms with Crippen LogP contribution in [-0.2, 0) is 20.2 Å². The number of ether oxygens (including phenoxy) is 1. The minimum absolute atomic E-state index is 0.0139. The number of nitriles is 1. The van der Waals surface area contributed by atoms with Gasteiger partial charge in [-0.15, -0.1) is 0 Å². The molecule has 0 spiro atoms. The van der Waals surface area contributed by atoms with E-state index in [1.807, 2.05) is 12.1 Å². The summed E-state index contributed by atoms with van der Waals surface area (Å²) in [5.74, 6) is -0.448. The van der Waals surface area contributed by atoms with E-state index >= 15 is 0 Å². The number of sulfonamides is 1. The van der Waals surface area contributed by atoms with Crippen LogP contribution in [0.5, 0.6) is 5.75 Å². The van der Waals surface area contributed by atoms with E-state index in [9.17, 15) is 18.5 Å². The van der Waals surface area contributed by atoms with Gasteiger partial charge >= 0.3 is 0 Å². The molecule has 1 aliphatic carbocycles. The van der Waals surface area contributed by atoms with Crippen molar-refractivity contribution in [3.05, 3.63) is 53.1 Å². The number of benzene rings is 2. The van der Waals surface area contributed by atoms with Crippen LogP contribution in [0.3, 0.4) is 0 Å². The number of anilines is 1. The van der Waals surface area contributed by atoms with Crippen molar-refractivity contribution in [3.63, 3.8) is 0 Å². The predicted molar refractivity (Wildman–Crippen MR) is 126 cm³/mol. The van der Waals surface area contributed by atoms with Gasteiger partial charge in [0.1, 0.15) is 10.6 Å². The molecule has 2 aliphatic rings. The highest BCUT2D eigenvalue weighted by Crippen LogP contribution is 2.47. The predicted octanol–water partition coefficient (Wildman–Crippen LogP) is 4.33. The Morgan fingerprint density at radius 1 is 1.27 bits per heavy atom. The average Bonchev–Trinajstić information content (AvgIpc) is 3.62. The molecule has 0 bridgehead atoms. The lowest BCUT2D eigenvalue weighted by atomic mass is 9.97. The zero-order chi connectivity index (χ0) is 23.6. The normalized spacial score (nSPS) is 20.0. The first-order valence-corrected chi connectivity index (χ1v) is 12.9. The number of halogens is 1. The first-order valence-electron chi connectivity index (χ1n) is 11.0. The molecule has 174 valence electrons. The van der Waals surface area contributed by atoms with Crippen molar-refractivity contribution in [3.8, 4) is 11.8 Å². The van der Waals surface area contributed by atoms with Gasteiger partial charge in [-0.2, -0.15) is 9.57 Å². The van der Waals surface area contributed by atoms with Gasteiger partial charge in [0.25, 0.3) is 0 Å². The Kier molecular flexibility index (Phi) is 6.66. The van der Waals surface area contributed by atoms with Crippen LogP contribution in [0, 0.1) is 17.2 Å². The molecular formula is C24H26ClN3O4S. The first kappa shape index (κ1) is 23.6. The van der Waals surface area contributed by atoms with E-state index in [0.29, 0.717) is 36.7 Å². The summed E-state index contributed by atoms with van der Waals surface area (Å²) in [6.07, 6.45) is 2.89. The van der Waals surface area contributed by atoms with E-state index in [1.165, 1.54) is 10.4 Å². The third kappa shape index (κ3) is 4.86. The second-order valence-corrected chi connectivity index (χ2v) is 10.8. The maximum absolute atomic E-state index is 13.4. The number of carbonyl (C=O) groups is 1. The van der Waals surface area contributed by atoms with Crippen molar-refractivity contribution in [1.29, 1.82) is 5.26 Å². The highest BCUT2D eigenvalue weighted by Gasteiger charge is 2.44. The first-order chi connectivity index (χ1) is 15.8. The Hall–Kier alpha value is -2.60. The molecule has 1 heterocycles. The number of nitrogens with one attached hydrogen (secondary N) is 1. The number of hydrogen-bond acceptors (Lipinski definition) is 5. The summed E-state index contributed by atoms with van der Waals surface area (Å²) in [6, 6.07) is 14.2. The van der Waals surface area contributed by atoms with Gasteiger partial charge in [0.15, 0.2) is 0 Å². The number of amides is 1. The van der Waals surface area contributed by atoms with Gasteiger partial charge in [0, 0.05) is 23.8 Å². The summed E-state index contributed by atoms with van der Waals surface area (Å²) in [5, 5.41) is 12.5. The van der Waals surface area contributed by atoms with Gasteiger partial charge in [0.2, 0.25) is 15.9 Å². The number of carbonyl (C=O) groups excluding carboxylic acids is 1. The van der Waals surface area contributed by atoms with Crippen molar-refractivity contribution in [2.75, 3.05) is 25.0 Å². The molecule has 1 saturated carbocycles. The van der Waals surface area contributed by atoms with Crippen LogP contribution < -0.4 is 10.1 Å². The summed E-state index contributed by atoms with van der Waals surface area (Å²) in [4.78, 5) is 12.9. The van der Waals surface area contributed by atoms with Gasteiger partial charge in [0.05, 0.1) is 24.0 Å². The molecule has 0 unspecified atom stereocenters. The molecule has 0 aromatic heterocycles. The van der Waals surface area contributed by atoms with Crippen LogP contribution in [0.4, 0.5) is 5.69 Å². The quantitative estimate of drug-likeness (QED) is 0.626. The minimum atomic E-state index is -3.88. The van der Waals surface area contributed by atoms with Gasteiger partial charge in [-0.3, -0.25) is 4.79 Å². The van der Waals surface area contributed by atoms with E-state index < -0.39 is 15.9 Å². The van der Waals surface area contributed by atoms with Crippen LogP contribution in [0.25, 0.3) is 0 Å². The van der Waals surface area contributed by atoms with Crippen molar-refractivity contribution < 1.29 is 17.9 Å². The summed E-state index contributed by atoms with van der Waals surface area (Å²) in [5.41, 5.74) is 1.22. The third-order valence-electron chi connectivity index (χ3n) is 6.25. The number of piperidine rings is 1. The largest absolute Gasteiger partial charge is 0.492 e. The lowest BCUT2D eigenvalue weighted by molar-refractivity contribution is -0.120. The van der Waals surface area contributed by atoms with E-state index in [1.54, 1.807) is 31.2 Å². The van der Waals surface area contributed by atoms with Gasteiger partial charge < -0.3 is 10.1 Å². The summed E-state index contributed by atoms with van der Waals surface area (Å²) in [6.45, 7) is 2.52. The number of rotatable bonds is 7. The molecule has 2 aromatic rings. The zero-order valence-electron chi connectivity index (χ0n) is 18.4. The van der Waals surface area contributed by atoms with Crippen LogP contribution in [-0.4, -0.2) is 38.3 Å². The molecule has 1 aliphatic heterocycles. The summed E-state index contributed by atoms with van der Waals surface area (Å²) < 4.78 is 33.6. The SMILES string of the molecule is CCOc1ccc(Cl)cc1S(=O)(=O)N1CCC[C@H](C(=O)Nc2ccc(C3(C#N)CC3)cc2)C1. The van der Waals surface area contributed by atoms with E-state index in [2.05, 4.69) is 11.4 Å². The molecule has 7 nitrogen and oxygen atoms in total. The van der Waals surface area contributed by atoms with Crippen molar-refractivity contribution in [2.24, 2.45) is 5.92 Å². The fraction of sp³-hybridized carbons (Fsp3) is 0.417. The number of hydrogen-bond donors (Lipinski definition) is 1. The van der Waals surface area contributed by atoms with Crippen LogP contribution in [0.1, 0.15) is 38.2 Å². The zero-order valence-corrected chi connectivity index (χ0v) is 20.0. The van der Waals surface area contributed by atoms with Crippen molar-refractivity contribution in [1.82, 2.24) is 4.31 Å². The second-order valence-electron chi connectivity index (χ2n) is 8.49. The molecule has 2 fully saturated rings. The van der Waals surface area contributed by atoms with Crippen LogP contribution in [0.2, 0.25) is 5.02 Å². The summed E-state index contributed by atoms with van der Waals surface area (Å²) >= 11 is 6.06. The van der Waals surface area contributed by atoms with Gasteiger partial charge in [-0.05, 0) is 68.5 Å². The average molecular weight is 488 g/mol. The van der Waals surface area contributed by atoms with Crippen LogP contribution in [0.15, 0.2) is 47.4 Å². The molecule has 1 saturated heterocycles. The molecule has 1 atom stereocenters. The van der Waals surface area contributed by atoms with E-state index in [-0.39, 0.29) is 28.5 Å². The highest BCUT2D eigenvalue weighted by atomic mass is 35.5. The van der Waals surface area contributed by atoms with E-state index in [0.717, 1.165) is 18.4 Å². The molecule has 1 amide bonds. The molecule has 4 rings (SSSR count). The third-order valence-corrected chi connectivity index (χ3v) is 8.37. The van der Waals surface area contributed by atoms with E-state index in [4.69, 9.17) is 16.3 Å². The number of nitrogens with zero attached hydrogens (tertiary/aromatic N) is 2. The second kappa shape index (κ2) is 9.34. The van der Waals surface area contributed by atoms with Crippen molar-refractivity contribution >= 4 is 33.2 Å². The lowest BCUT2D eigenvalue weighted by Crippen LogP contribution is -2.43. The summed E-state index contributed by atoms with van der Waals surface area (Å²) in [7, 11) is -3.88. The van der Waals surface area contributed by atoms with Gasteiger partial charge in [-0.1, -0.05) is 23.7 Å². The molecule has 9 heteroatoms. The highest BCUT2D eigenvalue weighted by molar-refractivity contribution is 7.89.